The van der Waals surface area contributed by atoms with Crippen molar-refractivity contribution >= 4 is 21.6 Å². The number of hydrogen-bond acceptors (Lipinski definition) is 6. The summed E-state index contributed by atoms with van der Waals surface area (Å²) < 4.78 is 13.4. The number of thiophene rings is 1. The molecule has 3 aromatic rings. The molecule has 2 aromatic heterocycles. The molecule has 0 aliphatic rings. The van der Waals surface area contributed by atoms with Gasteiger partial charge in [-0.25, -0.2) is 4.98 Å². The van der Waals surface area contributed by atoms with Crippen LogP contribution in [0.25, 0.3) is 10.2 Å². The second-order valence-corrected chi connectivity index (χ2v) is 5.85. The van der Waals surface area contributed by atoms with Crippen LogP contribution in [0.4, 0.5) is 0 Å². The molecular formula is C17H15N3O3S. The fourth-order valence-electron chi connectivity index (χ4n) is 2.26. The van der Waals surface area contributed by atoms with Crippen LogP contribution in [0.3, 0.4) is 0 Å². The lowest BCUT2D eigenvalue weighted by Crippen LogP contribution is -2.22. The third-order valence-electron chi connectivity index (χ3n) is 3.40. The molecule has 7 heteroatoms. The van der Waals surface area contributed by atoms with Gasteiger partial charge in [0.1, 0.15) is 11.3 Å². The smallest absolute Gasteiger partial charge is 0.271 e. The Bertz CT molecular complexity index is 956. The molecule has 6 nitrogen and oxygen atoms in total. The van der Waals surface area contributed by atoms with Gasteiger partial charge in [0.15, 0.2) is 11.5 Å². The van der Waals surface area contributed by atoms with Gasteiger partial charge in [0.05, 0.1) is 36.6 Å². The van der Waals surface area contributed by atoms with Gasteiger partial charge in [-0.1, -0.05) is 0 Å². The van der Waals surface area contributed by atoms with Crippen molar-refractivity contribution in [3.63, 3.8) is 0 Å². The van der Waals surface area contributed by atoms with Gasteiger partial charge in [-0.2, -0.15) is 5.26 Å². The normalized spacial score (nSPS) is 10.5. The largest absolute Gasteiger partial charge is 0.490 e. The van der Waals surface area contributed by atoms with Crippen LogP contribution >= 0.6 is 11.3 Å². The van der Waals surface area contributed by atoms with Crippen LogP contribution < -0.4 is 15.0 Å². The maximum Gasteiger partial charge on any atom is 0.271 e. The van der Waals surface area contributed by atoms with Gasteiger partial charge < -0.3 is 9.47 Å². The Morgan fingerprint density at radius 1 is 1.29 bits per heavy atom. The Hall–Kier alpha value is -2.85. The van der Waals surface area contributed by atoms with E-state index in [0.717, 1.165) is 0 Å². The third kappa shape index (κ3) is 3.24. The van der Waals surface area contributed by atoms with Crippen LogP contribution in [0.5, 0.6) is 11.5 Å². The highest BCUT2D eigenvalue weighted by molar-refractivity contribution is 7.17. The lowest BCUT2D eigenvalue weighted by molar-refractivity contribution is 0.265. The number of nitrogens with zero attached hydrogens (tertiary/aromatic N) is 3. The molecule has 0 spiro atoms. The van der Waals surface area contributed by atoms with Crippen LogP contribution in [0.15, 0.2) is 40.8 Å². The Kier molecular flexibility index (Phi) is 4.77. The van der Waals surface area contributed by atoms with E-state index in [4.69, 9.17) is 14.7 Å². The van der Waals surface area contributed by atoms with Gasteiger partial charge in [-0.3, -0.25) is 9.36 Å². The Morgan fingerprint density at radius 3 is 2.96 bits per heavy atom. The molecule has 24 heavy (non-hydrogen) atoms. The second-order valence-electron chi connectivity index (χ2n) is 4.93. The van der Waals surface area contributed by atoms with Crippen LogP contribution in [0, 0.1) is 11.3 Å². The van der Waals surface area contributed by atoms with Gasteiger partial charge in [0, 0.05) is 6.07 Å². The first-order valence-corrected chi connectivity index (χ1v) is 8.33. The highest BCUT2D eigenvalue weighted by atomic mass is 32.1. The van der Waals surface area contributed by atoms with Crippen molar-refractivity contribution in [3.8, 4) is 17.6 Å². The molecule has 0 unspecified atom stereocenters. The van der Waals surface area contributed by atoms with E-state index in [1.165, 1.54) is 22.2 Å². The van der Waals surface area contributed by atoms with E-state index in [0.29, 0.717) is 47.0 Å². The van der Waals surface area contributed by atoms with Crippen molar-refractivity contribution in [2.45, 2.75) is 13.5 Å². The predicted molar refractivity (Wildman–Crippen MR) is 91.7 cm³/mol. The summed E-state index contributed by atoms with van der Waals surface area (Å²) in [7, 11) is 0. The Labute approximate surface area is 142 Å². The van der Waals surface area contributed by atoms with Gasteiger partial charge in [-0.05, 0) is 30.5 Å². The molecule has 0 fully saturated rings. The lowest BCUT2D eigenvalue weighted by Gasteiger charge is -2.12. The van der Waals surface area contributed by atoms with E-state index in [-0.39, 0.29) is 5.56 Å². The van der Waals surface area contributed by atoms with Gasteiger partial charge in [0.25, 0.3) is 5.56 Å². The molecule has 0 radical (unpaired) electrons. The van der Waals surface area contributed by atoms with Crippen molar-refractivity contribution in [3.05, 3.63) is 51.9 Å². The summed E-state index contributed by atoms with van der Waals surface area (Å²) in [5, 5.41) is 10.8. The lowest BCUT2D eigenvalue weighted by atomic mass is 10.2. The molecule has 0 aliphatic carbocycles. The van der Waals surface area contributed by atoms with Gasteiger partial charge in [0.2, 0.25) is 0 Å². The number of benzene rings is 1. The standard InChI is InChI=1S/C17H15N3O3S/c1-2-22-15-9-12(10-18)3-4-14(15)23-7-6-20-11-19-13-5-8-24-16(13)17(20)21/h3-5,8-9,11H,2,6-7H2,1H3. The van der Waals surface area contributed by atoms with Crippen molar-refractivity contribution in [2.24, 2.45) is 0 Å². The SMILES string of the molecule is CCOc1cc(C#N)ccc1OCCn1cnc2ccsc2c1=O. The van der Waals surface area contributed by atoms with Crippen molar-refractivity contribution in [1.29, 1.82) is 5.26 Å². The van der Waals surface area contributed by atoms with E-state index < -0.39 is 0 Å². The highest BCUT2D eigenvalue weighted by Gasteiger charge is 2.08. The van der Waals surface area contributed by atoms with E-state index in [1.807, 2.05) is 18.4 Å². The number of nitriles is 1. The minimum Gasteiger partial charge on any atom is -0.490 e. The first kappa shape index (κ1) is 16.0. The predicted octanol–water partition coefficient (Wildman–Crippen LogP) is 2.81. The second kappa shape index (κ2) is 7.15. The molecule has 3 rings (SSSR count). The van der Waals surface area contributed by atoms with Crippen molar-refractivity contribution in [2.75, 3.05) is 13.2 Å². The first-order valence-electron chi connectivity index (χ1n) is 7.45. The summed E-state index contributed by atoms with van der Waals surface area (Å²) in [5.41, 5.74) is 1.16. The topological polar surface area (TPSA) is 77.1 Å². The molecule has 0 aliphatic heterocycles. The number of fused-ring (bicyclic) bond motifs is 1. The zero-order chi connectivity index (χ0) is 16.9. The first-order chi connectivity index (χ1) is 11.7. The summed E-state index contributed by atoms with van der Waals surface area (Å²) >= 11 is 1.38. The molecule has 0 saturated carbocycles. The molecule has 1 aromatic carbocycles. The van der Waals surface area contributed by atoms with Crippen LogP contribution in [0.1, 0.15) is 12.5 Å². The fraction of sp³-hybridized carbons (Fsp3) is 0.235. The Balaban J connectivity index is 1.72. The average Bonchev–Trinajstić information content (AvgIpc) is 3.08. The zero-order valence-electron chi connectivity index (χ0n) is 13.1. The maximum atomic E-state index is 12.3. The minimum absolute atomic E-state index is 0.0662. The molecule has 0 saturated heterocycles. The summed E-state index contributed by atoms with van der Waals surface area (Å²) in [6.45, 7) is 3.02. The van der Waals surface area contributed by atoms with E-state index in [2.05, 4.69) is 11.1 Å². The van der Waals surface area contributed by atoms with Gasteiger partial charge >= 0.3 is 0 Å². The van der Waals surface area contributed by atoms with E-state index >= 15 is 0 Å². The molecular weight excluding hydrogens is 326 g/mol. The van der Waals surface area contributed by atoms with E-state index in [9.17, 15) is 4.79 Å². The van der Waals surface area contributed by atoms with Gasteiger partial charge in [-0.15, -0.1) is 11.3 Å². The monoisotopic (exact) mass is 341 g/mol. The summed E-state index contributed by atoms with van der Waals surface area (Å²) in [6.07, 6.45) is 1.53. The summed E-state index contributed by atoms with van der Waals surface area (Å²) in [4.78, 5) is 16.6. The molecule has 0 N–H and O–H groups in total. The zero-order valence-corrected chi connectivity index (χ0v) is 13.9. The minimum atomic E-state index is -0.0662. The molecule has 0 amide bonds. The third-order valence-corrected chi connectivity index (χ3v) is 4.29. The molecule has 2 heterocycles. The molecule has 122 valence electrons. The summed E-state index contributed by atoms with van der Waals surface area (Å²) in [6, 6.07) is 8.91. The quantitative estimate of drug-likeness (QED) is 0.689. The maximum absolute atomic E-state index is 12.3. The van der Waals surface area contributed by atoms with Crippen LogP contribution in [-0.4, -0.2) is 22.8 Å². The van der Waals surface area contributed by atoms with Crippen LogP contribution in [0.2, 0.25) is 0 Å². The number of ether oxygens (including phenoxy) is 2. The van der Waals surface area contributed by atoms with Crippen molar-refractivity contribution < 1.29 is 9.47 Å². The number of rotatable bonds is 6. The summed E-state index contributed by atoms with van der Waals surface area (Å²) in [5.74, 6) is 1.07. The Morgan fingerprint density at radius 2 is 2.17 bits per heavy atom. The number of hydrogen-bond donors (Lipinski definition) is 0. The molecule has 0 bridgehead atoms. The fourth-order valence-corrected chi connectivity index (χ4v) is 3.05. The van der Waals surface area contributed by atoms with E-state index in [1.54, 1.807) is 18.2 Å². The highest BCUT2D eigenvalue weighted by Crippen LogP contribution is 2.28. The van der Waals surface area contributed by atoms with Crippen molar-refractivity contribution in [1.82, 2.24) is 9.55 Å². The van der Waals surface area contributed by atoms with Crippen LogP contribution in [-0.2, 0) is 6.54 Å². The average molecular weight is 341 g/mol. The molecule has 0 atom stereocenters. The number of aromatic nitrogens is 2.